The highest BCUT2D eigenvalue weighted by Gasteiger charge is 2.26. The van der Waals surface area contributed by atoms with Crippen LogP contribution in [0.25, 0.3) is 0 Å². The van der Waals surface area contributed by atoms with Gasteiger partial charge in [-0.1, -0.05) is 12.8 Å². The lowest BCUT2D eigenvalue weighted by Crippen LogP contribution is -2.33. The number of halogens is 1. The fraction of sp³-hybridized carbons (Fsp3) is 0.600. The molecule has 0 aromatic heterocycles. The van der Waals surface area contributed by atoms with Crippen LogP contribution in [0.5, 0.6) is 5.75 Å². The van der Waals surface area contributed by atoms with Gasteiger partial charge in [0, 0.05) is 18.0 Å². The van der Waals surface area contributed by atoms with Crippen LogP contribution in [-0.2, 0) is 6.42 Å². The van der Waals surface area contributed by atoms with Crippen molar-refractivity contribution < 1.29 is 9.13 Å². The van der Waals surface area contributed by atoms with E-state index in [9.17, 15) is 4.39 Å². The minimum Gasteiger partial charge on any atom is -0.490 e. The van der Waals surface area contributed by atoms with Gasteiger partial charge in [0.25, 0.3) is 0 Å². The smallest absolute Gasteiger partial charge is 0.123 e. The van der Waals surface area contributed by atoms with E-state index >= 15 is 0 Å². The van der Waals surface area contributed by atoms with Crippen LogP contribution < -0.4 is 10.1 Å². The van der Waals surface area contributed by atoms with Gasteiger partial charge in [-0.15, -0.1) is 0 Å². The van der Waals surface area contributed by atoms with Crippen LogP contribution in [0.1, 0.15) is 37.7 Å². The lowest BCUT2D eigenvalue weighted by molar-refractivity contribution is 0.200. The summed E-state index contributed by atoms with van der Waals surface area (Å²) in [4.78, 5) is 0. The SMILES string of the molecule is Fc1ccc2c(c1)CC(CC1CCCCCN1)O2. The molecule has 1 N–H and O–H groups in total. The fourth-order valence-electron chi connectivity index (χ4n) is 3.04. The quantitative estimate of drug-likeness (QED) is 0.869. The average Bonchev–Trinajstić information content (AvgIpc) is 2.57. The maximum atomic E-state index is 13.1. The van der Waals surface area contributed by atoms with E-state index in [-0.39, 0.29) is 11.9 Å². The molecule has 0 aliphatic carbocycles. The number of nitrogens with one attached hydrogen (secondary N) is 1. The molecule has 18 heavy (non-hydrogen) atoms. The van der Waals surface area contributed by atoms with Gasteiger partial charge in [-0.05, 0) is 44.0 Å². The summed E-state index contributed by atoms with van der Waals surface area (Å²) in [6, 6.07) is 5.41. The van der Waals surface area contributed by atoms with Crippen LogP contribution in [-0.4, -0.2) is 18.7 Å². The van der Waals surface area contributed by atoms with Crippen LogP contribution in [0.15, 0.2) is 18.2 Å². The largest absolute Gasteiger partial charge is 0.490 e. The topological polar surface area (TPSA) is 21.3 Å². The van der Waals surface area contributed by atoms with E-state index in [1.54, 1.807) is 12.1 Å². The number of rotatable bonds is 2. The zero-order valence-electron chi connectivity index (χ0n) is 10.6. The number of ether oxygens (including phenoxy) is 1. The molecular formula is C15H20FNO. The van der Waals surface area contributed by atoms with Gasteiger partial charge in [0.2, 0.25) is 0 Å². The van der Waals surface area contributed by atoms with Crippen LogP contribution >= 0.6 is 0 Å². The van der Waals surface area contributed by atoms with E-state index in [0.29, 0.717) is 6.04 Å². The minimum atomic E-state index is -0.161. The van der Waals surface area contributed by atoms with Crippen LogP contribution in [0.3, 0.4) is 0 Å². The summed E-state index contributed by atoms with van der Waals surface area (Å²) >= 11 is 0. The van der Waals surface area contributed by atoms with Crippen molar-refractivity contribution in [3.05, 3.63) is 29.6 Å². The third kappa shape index (κ3) is 2.66. The Bertz CT molecular complexity index is 413. The van der Waals surface area contributed by atoms with Crippen molar-refractivity contribution in [3.8, 4) is 5.75 Å². The van der Waals surface area contributed by atoms with E-state index in [0.717, 1.165) is 30.7 Å². The summed E-state index contributed by atoms with van der Waals surface area (Å²) < 4.78 is 19.0. The summed E-state index contributed by atoms with van der Waals surface area (Å²) in [5, 5.41) is 3.59. The van der Waals surface area contributed by atoms with Gasteiger partial charge in [-0.3, -0.25) is 0 Å². The monoisotopic (exact) mass is 249 g/mol. The standard InChI is InChI=1S/C15H20FNO/c16-12-5-6-15-11(8-12)9-14(18-15)10-13-4-2-1-3-7-17-13/h5-6,8,13-14,17H,1-4,7,9-10H2. The van der Waals surface area contributed by atoms with Crippen molar-refractivity contribution in [1.82, 2.24) is 5.32 Å². The van der Waals surface area contributed by atoms with Crippen molar-refractivity contribution in [2.75, 3.05) is 6.54 Å². The molecule has 2 unspecified atom stereocenters. The van der Waals surface area contributed by atoms with Gasteiger partial charge in [-0.2, -0.15) is 0 Å². The first-order valence-corrected chi connectivity index (χ1v) is 7.00. The second-order valence-electron chi connectivity index (χ2n) is 5.43. The Balaban J connectivity index is 1.60. The maximum Gasteiger partial charge on any atom is 0.123 e. The molecule has 1 fully saturated rings. The van der Waals surface area contributed by atoms with Gasteiger partial charge in [0.1, 0.15) is 17.7 Å². The Morgan fingerprint density at radius 2 is 2.22 bits per heavy atom. The van der Waals surface area contributed by atoms with E-state index in [2.05, 4.69) is 5.32 Å². The number of benzene rings is 1. The van der Waals surface area contributed by atoms with E-state index in [4.69, 9.17) is 4.74 Å². The summed E-state index contributed by atoms with van der Waals surface area (Å²) in [6.45, 7) is 1.12. The molecule has 1 saturated heterocycles. The average molecular weight is 249 g/mol. The second-order valence-corrected chi connectivity index (χ2v) is 5.43. The Kier molecular flexibility index (Phi) is 3.50. The Labute approximate surface area is 108 Å². The van der Waals surface area contributed by atoms with Crippen molar-refractivity contribution in [1.29, 1.82) is 0 Å². The van der Waals surface area contributed by atoms with Crippen LogP contribution in [0.4, 0.5) is 4.39 Å². The first-order valence-electron chi connectivity index (χ1n) is 7.00. The van der Waals surface area contributed by atoms with E-state index in [1.165, 1.54) is 31.7 Å². The first-order chi connectivity index (χ1) is 8.81. The molecule has 0 amide bonds. The molecule has 0 radical (unpaired) electrons. The van der Waals surface area contributed by atoms with Crippen LogP contribution in [0, 0.1) is 5.82 Å². The van der Waals surface area contributed by atoms with Crippen molar-refractivity contribution in [2.45, 2.75) is 50.7 Å². The third-order valence-electron chi connectivity index (χ3n) is 3.97. The van der Waals surface area contributed by atoms with Gasteiger partial charge in [0.15, 0.2) is 0 Å². The van der Waals surface area contributed by atoms with E-state index < -0.39 is 0 Å². The number of hydrogen-bond donors (Lipinski definition) is 1. The zero-order valence-corrected chi connectivity index (χ0v) is 10.6. The Morgan fingerprint density at radius 1 is 1.28 bits per heavy atom. The second kappa shape index (κ2) is 5.27. The normalized spacial score (nSPS) is 27.4. The lowest BCUT2D eigenvalue weighted by atomic mass is 10.0. The molecule has 3 rings (SSSR count). The summed E-state index contributed by atoms with van der Waals surface area (Å²) in [7, 11) is 0. The molecule has 2 atom stereocenters. The predicted molar refractivity (Wildman–Crippen MR) is 69.4 cm³/mol. The molecule has 2 aliphatic rings. The number of hydrogen-bond acceptors (Lipinski definition) is 2. The molecule has 1 aromatic carbocycles. The minimum absolute atomic E-state index is 0.161. The molecule has 0 saturated carbocycles. The molecule has 2 heterocycles. The van der Waals surface area contributed by atoms with Crippen molar-refractivity contribution in [3.63, 3.8) is 0 Å². The van der Waals surface area contributed by atoms with Gasteiger partial charge in [0.05, 0.1) is 0 Å². The highest BCUT2D eigenvalue weighted by atomic mass is 19.1. The highest BCUT2D eigenvalue weighted by molar-refractivity contribution is 5.37. The molecule has 0 spiro atoms. The summed E-state index contributed by atoms with van der Waals surface area (Å²) in [6.07, 6.45) is 7.28. The van der Waals surface area contributed by atoms with Gasteiger partial charge in [-0.25, -0.2) is 4.39 Å². The van der Waals surface area contributed by atoms with Crippen molar-refractivity contribution in [2.24, 2.45) is 0 Å². The Morgan fingerprint density at radius 3 is 3.17 bits per heavy atom. The van der Waals surface area contributed by atoms with Gasteiger partial charge >= 0.3 is 0 Å². The summed E-state index contributed by atoms with van der Waals surface area (Å²) in [5.74, 6) is 0.709. The predicted octanol–water partition coefficient (Wildman–Crippen LogP) is 3.05. The molecule has 98 valence electrons. The molecule has 0 bridgehead atoms. The molecule has 1 aromatic rings. The third-order valence-corrected chi connectivity index (χ3v) is 3.97. The van der Waals surface area contributed by atoms with Crippen molar-refractivity contribution >= 4 is 0 Å². The molecule has 2 aliphatic heterocycles. The fourth-order valence-corrected chi connectivity index (χ4v) is 3.04. The first kappa shape index (κ1) is 12.0. The molecule has 2 nitrogen and oxygen atoms in total. The van der Waals surface area contributed by atoms with Crippen LogP contribution in [0.2, 0.25) is 0 Å². The molecule has 3 heteroatoms. The Hall–Kier alpha value is -1.09. The molecular weight excluding hydrogens is 229 g/mol. The summed E-state index contributed by atoms with van der Waals surface area (Å²) in [5.41, 5.74) is 1.02. The lowest BCUT2D eigenvalue weighted by Gasteiger charge is -2.19. The zero-order chi connectivity index (χ0) is 12.4. The van der Waals surface area contributed by atoms with E-state index in [1.807, 2.05) is 0 Å². The maximum absolute atomic E-state index is 13.1. The highest BCUT2D eigenvalue weighted by Crippen LogP contribution is 2.31. The number of fused-ring (bicyclic) bond motifs is 1. The van der Waals surface area contributed by atoms with Gasteiger partial charge < -0.3 is 10.1 Å².